The van der Waals surface area contributed by atoms with Gasteiger partial charge in [-0.15, -0.1) is 0 Å². The molecule has 0 saturated carbocycles. The van der Waals surface area contributed by atoms with Crippen molar-refractivity contribution in [2.45, 2.75) is 0 Å². The second-order valence-electron chi connectivity index (χ2n) is 3.51. The number of nitrogens with one attached hydrogen (secondary N) is 1. The fraction of sp³-hybridized carbons (Fsp3) is 0. The van der Waals surface area contributed by atoms with E-state index in [0.29, 0.717) is 5.02 Å². The van der Waals surface area contributed by atoms with Gasteiger partial charge in [0, 0.05) is 0 Å². The van der Waals surface area contributed by atoms with Crippen molar-refractivity contribution < 1.29 is 4.39 Å². The van der Waals surface area contributed by atoms with Gasteiger partial charge in [0.15, 0.2) is 5.82 Å². The van der Waals surface area contributed by atoms with E-state index in [9.17, 15) is 4.39 Å². The molecule has 1 aromatic heterocycles. The van der Waals surface area contributed by atoms with Crippen LogP contribution in [0.25, 0.3) is 0 Å². The maximum atomic E-state index is 12.7. The van der Waals surface area contributed by atoms with Crippen molar-refractivity contribution in [1.82, 2.24) is 4.98 Å². The molecule has 0 unspecified atom stereocenters. The van der Waals surface area contributed by atoms with E-state index in [0.717, 1.165) is 5.56 Å². The Morgan fingerprint density at radius 1 is 1.11 bits per heavy atom. The monoisotopic (exact) mass is 317 g/mol. The number of anilines is 1. The molecule has 0 aliphatic rings. The Kier molecular flexibility index (Phi) is 4.58. The number of benzene rings is 1. The van der Waals surface area contributed by atoms with E-state index in [2.05, 4.69) is 15.5 Å². The zero-order chi connectivity index (χ0) is 13.8. The Hall–Kier alpha value is -1.36. The lowest BCUT2D eigenvalue weighted by molar-refractivity contribution is 0.628. The maximum Gasteiger partial charge on any atom is 0.166 e. The third kappa shape index (κ3) is 3.80. The van der Waals surface area contributed by atoms with E-state index < -0.39 is 0 Å². The first-order valence-electron chi connectivity index (χ1n) is 5.12. The van der Waals surface area contributed by atoms with Crippen LogP contribution in [0.3, 0.4) is 0 Å². The number of pyridine rings is 1. The fourth-order valence-corrected chi connectivity index (χ4v) is 1.78. The van der Waals surface area contributed by atoms with Crippen molar-refractivity contribution in [2.75, 3.05) is 5.43 Å². The molecule has 0 aliphatic heterocycles. The van der Waals surface area contributed by atoms with Gasteiger partial charge >= 0.3 is 0 Å². The van der Waals surface area contributed by atoms with Gasteiger partial charge in [0.05, 0.1) is 16.3 Å². The Morgan fingerprint density at radius 2 is 1.79 bits per heavy atom. The topological polar surface area (TPSA) is 37.3 Å². The van der Waals surface area contributed by atoms with Crippen LogP contribution in [0.15, 0.2) is 35.4 Å². The minimum absolute atomic E-state index is 0.130. The van der Waals surface area contributed by atoms with Crippen LogP contribution < -0.4 is 5.43 Å². The fourth-order valence-electron chi connectivity index (χ4n) is 1.24. The number of hydrogen-bond acceptors (Lipinski definition) is 3. The maximum absolute atomic E-state index is 12.7. The number of aromatic nitrogens is 1. The Morgan fingerprint density at radius 3 is 2.47 bits per heavy atom. The molecule has 1 N–H and O–H groups in total. The third-order valence-electron chi connectivity index (χ3n) is 2.14. The van der Waals surface area contributed by atoms with Crippen molar-refractivity contribution in [1.29, 1.82) is 0 Å². The van der Waals surface area contributed by atoms with Crippen molar-refractivity contribution in [3.63, 3.8) is 0 Å². The first-order valence-corrected chi connectivity index (χ1v) is 6.26. The van der Waals surface area contributed by atoms with Gasteiger partial charge in [-0.1, -0.05) is 46.9 Å². The molecule has 0 atom stereocenters. The predicted molar refractivity (Wildman–Crippen MR) is 76.9 cm³/mol. The lowest BCUT2D eigenvalue weighted by atomic mass is 10.2. The first-order chi connectivity index (χ1) is 9.06. The molecule has 2 aromatic rings. The Bertz CT molecular complexity index is 614. The molecule has 0 saturated heterocycles. The Labute approximate surface area is 124 Å². The molecular weight excluding hydrogens is 312 g/mol. The summed E-state index contributed by atoms with van der Waals surface area (Å²) >= 11 is 17.4. The lowest BCUT2D eigenvalue weighted by Crippen LogP contribution is -1.95. The second kappa shape index (κ2) is 6.19. The SMILES string of the molecule is Fc1ccc(C=NNc2nc(Cl)c(Cl)cc2Cl)cc1. The van der Waals surface area contributed by atoms with Crippen LogP contribution in [0.5, 0.6) is 0 Å². The smallest absolute Gasteiger partial charge is 0.166 e. The van der Waals surface area contributed by atoms with Crippen LogP contribution >= 0.6 is 34.8 Å². The quantitative estimate of drug-likeness (QED) is 0.509. The van der Waals surface area contributed by atoms with Gasteiger partial charge in [-0.3, -0.25) is 5.43 Å². The summed E-state index contributed by atoms with van der Waals surface area (Å²) in [5.41, 5.74) is 3.36. The lowest BCUT2D eigenvalue weighted by Gasteiger charge is -2.03. The molecule has 0 aliphatic carbocycles. The van der Waals surface area contributed by atoms with E-state index in [1.54, 1.807) is 12.1 Å². The highest BCUT2D eigenvalue weighted by Gasteiger charge is 2.06. The average Bonchev–Trinajstić information content (AvgIpc) is 2.38. The van der Waals surface area contributed by atoms with E-state index in [-0.39, 0.29) is 21.8 Å². The summed E-state index contributed by atoms with van der Waals surface area (Å²) in [6.45, 7) is 0. The summed E-state index contributed by atoms with van der Waals surface area (Å²) < 4.78 is 12.7. The average molecular weight is 319 g/mol. The molecule has 2 rings (SSSR count). The first kappa shape index (κ1) is 14.1. The van der Waals surface area contributed by atoms with Crippen molar-refractivity contribution >= 4 is 46.8 Å². The predicted octanol–water partition coefficient (Wildman–Crippen LogP) is 4.63. The molecule has 0 bridgehead atoms. The molecule has 0 fully saturated rings. The molecule has 7 heteroatoms. The second-order valence-corrected chi connectivity index (χ2v) is 4.69. The van der Waals surface area contributed by atoms with Crippen LogP contribution in [0, 0.1) is 5.82 Å². The molecule has 3 nitrogen and oxygen atoms in total. The van der Waals surface area contributed by atoms with Crippen molar-refractivity contribution in [3.8, 4) is 0 Å². The number of halogens is 4. The molecule has 0 spiro atoms. The summed E-state index contributed by atoms with van der Waals surface area (Å²) in [5.74, 6) is -0.0197. The largest absolute Gasteiger partial charge is 0.260 e. The highest BCUT2D eigenvalue weighted by atomic mass is 35.5. The molecular formula is C12H7Cl3FN3. The molecule has 0 amide bonds. The molecule has 19 heavy (non-hydrogen) atoms. The van der Waals surface area contributed by atoms with Crippen molar-refractivity contribution in [3.05, 3.63) is 56.9 Å². The van der Waals surface area contributed by atoms with Gasteiger partial charge in [-0.05, 0) is 23.8 Å². The highest BCUT2D eigenvalue weighted by Crippen LogP contribution is 2.28. The van der Waals surface area contributed by atoms with Gasteiger partial charge in [0.2, 0.25) is 0 Å². The molecule has 1 aromatic carbocycles. The number of nitrogens with zero attached hydrogens (tertiary/aromatic N) is 2. The van der Waals surface area contributed by atoms with E-state index in [1.165, 1.54) is 24.4 Å². The van der Waals surface area contributed by atoms with E-state index in [1.807, 2.05) is 0 Å². The van der Waals surface area contributed by atoms with Gasteiger partial charge in [-0.25, -0.2) is 9.37 Å². The number of rotatable bonds is 3. The van der Waals surface area contributed by atoms with Gasteiger partial charge in [0.1, 0.15) is 11.0 Å². The van der Waals surface area contributed by atoms with Gasteiger partial charge in [0.25, 0.3) is 0 Å². The summed E-state index contributed by atoms with van der Waals surface area (Å²) in [5, 5.41) is 4.62. The third-order valence-corrected chi connectivity index (χ3v) is 3.10. The van der Waals surface area contributed by atoms with Crippen LogP contribution in [0.1, 0.15) is 5.56 Å². The highest BCUT2D eigenvalue weighted by molar-refractivity contribution is 6.42. The standard InChI is InChI=1S/C12H7Cl3FN3/c13-9-5-10(14)12(18-11(9)15)19-17-6-7-1-3-8(16)4-2-7/h1-6H,(H,18,19). The Balaban J connectivity index is 2.10. The van der Waals surface area contributed by atoms with Gasteiger partial charge < -0.3 is 0 Å². The minimum Gasteiger partial charge on any atom is -0.260 e. The van der Waals surface area contributed by atoms with Crippen LogP contribution in [0.4, 0.5) is 10.2 Å². The normalized spacial score (nSPS) is 10.9. The van der Waals surface area contributed by atoms with E-state index >= 15 is 0 Å². The van der Waals surface area contributed by atoms with E-state index in [4.69, 9.17) is 34.8 Å². The number of hydrazone groups is 1. The summed E-state index contributed by atoms with van der Waals surface area (Å²) in [4.78, 5) is 3.93. The molecule has 0 radical (unpaired) electrons. The zero-order valence-electron chi connectivity index (χ0n) is 9.37. The van der Waals surface area contributed by atoms with Crippen molar-refractivity contribution in [2.24, 2.45) is 5.10 Å². The summed E-state index contributed by atoms with van der Waals surface area (Å²) in [7, 11) is 0. The van der Waals surface area contributed by atoms with Gasteiger partial charge in [-0.2, -0.15) is 5.10 Å². The molecule has 1 heterocycles. The van der Waals surface area contributed by atoms with Crippen LogP contribution in [0.2, 0.25) is 15.2 Å². The molecule has 98 valence electrons. The van der Waals surface area contributed by atoms with Crippen LogP contribution in [-0.2, 0) is 0 Å². The van der Waals surface area contributed by atoms with Crippen LogP contribution in [-0.4, -0.2) is 11.2 Å². The minimum atomic E-state index is -0.306. The number of hydrogen-bond donors (Lipinski definition) is 1. The summed E-state index contributed by atoms with van der Waals surface area (Å²) in [6.07, 6.45) is 1.50. The summed E-state index contributed by atoms with van der Waals surface area (Å²) in [6, 6.07) is 7.32. The zero-order valence-corrected chi connectivity index (χ0v) is 11.6.